The van der Waals surface area contributed by atoms with Crippen LogP contribution in [0.15, 0.2) is 77.6 Å². The van der Waals surface area contributed by atoms with Crippen LogP contribution in [0.3, 0.4) is 0 Å². The van der Waals surface area contributed by atoms with Crippen molar-refractivity contribution < 1.29 is 9.90 Å². The van der Waals surface area contributed by atoms with Crippen LogP contribution in [0.2, 0.25) is 0 Å². The molecule has 0 spiro atoms. The first-order valence-corrected chi connectivity index (χ1v) is 7.97. The van der Waals surface area contributed by atoms with Crippen LogP contribution in [0.4, 0.5) is 0 Å². The summed E-state index contributed by atoms with van der Waals surface area (Å²) in [6, 6.07) is 22.0. The molecule has 3 aromatic carbocycles. The van der Waals surface area contributed by atoms with Crippen molar-refractivity contribution in [3.05, 3.63) is 94.1 Å². The van der Waals surface area contributed by atoms with E-state index in [9.17, 15) is 9.59 Å². The van der Waals surface area contributed by atoms with E-state index in [-0.39, 0.29) is 11.0 Å². The number of carboxylic acids is 1. The first-order valence-electron chi connectivity index (χ1n) is 7.97. The van der Waals surface area contributed by atoms with E-state index in [1.54, 1.807) is 12.1 Å². The molecule has 4 aromatic rings. The smallest absolute Gasteiger partial charge is 0.335 e. The molecule has 0 unspecified atom stereocenters. The summed E-state index contributed by atoms with van der Waals surface area (Å²) in [6.07, 6.45) is 0. The number of carboxylic acid groups (broad SMARTS) is 1. The molecule has 0 atom stereocenters. The third-order valence-corrected chi connectivity index (χ3v) is 4.42. The summed E-state index contributed by atoms with van der Waals surface area (Å²) in [5.74, 6) is -0.939. The van der Waals surface area contributed by atoms with Crippen molar-refractivity contribution in [1.29, 1.82) is 0 Å². The monoisotopic (exact) mass is 329 g/mol. The maximum atomic E-state index is 12.7. The Morgan fingerprint density at radius 1 is 0.800 bits per heavy atom. The molecule has 4 heteroatoms. The molecule has 4 rings (SSSR count). The van der Waals surface area contributed by atoms with E-state index in [0.717, 1.165) is 16.6 Å². The molecule has 122 valence electrons. The molecule has 0 amide bonds. The maximum Gasteiger partial charge on any atom is 0.335 e. The maximum absolute atomic E-state index is 12.7. The van der Waals surface area contributed by atoms with E-state index in [1.165, 1.54) is 0 Å². The largest absolute Gasteiger partial charge is 0.478 e. The van der Waals surface area contributed by atoms with Crippen LogP contribution in [0.5, 0.6) is 0 Å². The molecule has 25 heavy (non-hydrogen) atoms. The second kappa shape index (κ2) is 5.91. The highest BCUT2D eigenvalue weighted by atomic mass is 16.4. The predicted molar refractivity (Wildman–Crippen MR) is 98.2 cm³/mol. The molecule has 1 heterocycles. The van der Waals surface area contributed by atoms with Crippen LogP contribution >= 0.6 is 0 Å². The summed E-state index contributed by atoms with van der Waals surface area (Å²) in [5.41, 5.74) is 3.01. The van der Waals surface area contributed by atoms with E-state index in [2.05, 4.69) is 4.57 Å². The minimum absolute atomic E-state index is 0.0312. The van der Waals surface area contributed by atoms with Crippen molar-refractivity contribution in [2.24, 2.45) is 0 Å². The van der Waals surface area contributed by atoms with Gasteiger partial charge in [-0.15, -0.1) is 0 Å². The summed E-state index contributed by atoms with van der Waals surface area (Å²) in [5, 5.41) is 10.4. The summed E-state index contributed by atoms with van der Waals surface area (Å²) in [6.45, 7) is 0.557. The Morgan fingerprint density at radius 2 is 1.32 bits per heavy atom. The number of fused-ring (bicyclic) bond motifs is 2. The Hall–Kier alpha value is -3.40. The lowest BCUT2D eigenvalue weighted by Gasteiger charge is -2.15. The molecule has 0 aliphatic heterocycles. The highest BCUT2D eigenvalue weighted by Crippen LogP contribution is 2.20. The summed E-state index contributed by atoms with van der Waals surface area (Å²) in [7, 11) is 0. The van der Waals surface area contributed by atoms with Crippen molar-refractivity contribution in [3.8, 4) is 0 Å². The van der Waals surface area contributed by atoms with Crippen LogP contribution in [-0.4, -0.2) is 15.6 Å². The van der Waals surface area contributed by atoms with Gasteiger partial charge in [-0.2, -0.15) is 0 Å². The van der Waals surface area contributed by atoms with Gasteiger partial charge in [0.25, 0.3) is 0 Å². The number of hydrogen-bond donors (Lipinski definition) is 1. The van der Waals surface area contributed by atoms with Crippen LogP contribution in [0.25, 0.3) is 21.8 Å². The van der Waals surface area contributed by atoms with Gasteiger partial charge in [-0.25, -0.2) is 4.79 Å². The fraction of sp³-hybridized carbons (Fsp3) is 0.0476. The number of rotatable bonds is 3. The topological polar surface area (TPSA) is 59.3 Å². The normalized spacial score (nSPS) is 11.0. The van der Waals surface area contributed by atoms with Gasteiger partial charge in [0.2, 0.25) is 0 Å². The second-order valence-corrected chi connectivity index (χ2v) is 5.95. The van der Waals surface area contributed by atoms with Gasteiger partial charge in [-0.05, 0) is 42.0 Å². The van der Waals surface area contributed by atoms with Gasteiger partial charge in [-0.3, -0.25) is 4.79 Å². The molecule has 4 nitrogen and oxygen atoms in total. The fourth-order valence-electron chi connectivity index (χ4n) is 3.18. The molecule has 0 aliphatic rings. The molecule has 0 radical (unpaired) electrons. The van der Waals surface area contributed by atoms with Crippen LogP contribution < -0.4 is 5.43 Å². The van der Waals surface area contributed by atoms with Crippen LogP contribution in [0, 0.1) is 0 Å². The zero-order valence-corrected chi connectivity index (χ0v) is 13.3. The summed E-state index contributed by atoms with van der Waals surface area (Å²) >= 11 is 0. The number of pyridine rings is 1. The molecule has 0 aliphatic carbocycles. The molecule has 1 aromatic heterocycles. The lowest BCUT2D eigenvalue weighted by molar-refractivity contribution is 0.0697. The second-order valence-electron chi connectivity index (χ2n) is 5.95. The first kappa shape index (κ1) is 15.1. The number of aromatic nitrogens is 1. The zero-order valence-electron chi connectivity index (χ0n) is 13.3. The first-order chi connectivity index (χ1) is 12.1. The molecular formula is C21H15NO3. The van der Waals surface area contributed by atoms with Gasteiger partial charge < -0.3 is 9.67 Å². The van der Waals surface area contributed by atoms with Crippen molar-refractivity contribution >= 4 is 27.8 Å². The number of carbonyl (C=O) groups is 1. The van der Waals surface area contributed by atoms with E-state index >= 15 is 0 Å². The quantitative estimate of drug-likeness (QED) is 0.580. The lowest BCUT2D eigenvalue weighted by Crippen LogP contribution is -2.12. The highest BCUT2D eigenvalue weighted by molar-refractivity contribution is 5.93. The summed E-state index contributed by atoms with van der Waals surface area (Å²) in [4.78, 5) is 23.8. The number of hydrogen-bond acceptors (Lipinski definition) is 2. The average Bonchev–Trinajstić information content (AvgIpc) is 2.65. The fourth-order valence-corrected chi connectivity index (χ4v) is 3.18. The third kappa shape index (κ3) is 2.58. The van der Waals surface area contributed by atoms with E-state index < -0.39 is 5.97 Å². The molecule has 0 fully saturated rings. The van der Waals surface area contributed by atoms with Crippen molar-refractivity contribution in [2.75, 3.05) is 0 Å². The number of para-hydroxylation sites is 2. The number of nitrogens with zero attached hydrogens (tertiary/aromatic N) is 1. The predicted octanol–water partition coefficient (Wildman–Crippen LogP) is 3.90. The standard InChI is InChI=1S/C21H15NO3/c23-20-16-5-1-3-7-18(16)22(19-8-4-2-6-17(19)20)13-14-9-11-15(12-10-14)21(24)25/h1-12H,13H2,(H,24,25). The Kier molecular flexibility index (Phi) is 3.58. The average molecular weight is 329 g/mol. The highest BCUT2D eigenvalue weighted by Gasteiger charge is 2.10. The Labute approximate surface area is 143 Å². The molecule has 1 N–H and O–H groups in total. The molecule has 0 saturated heterocycles. The Morgan fingerprint density at radius 3 is 1.84 bits per heavy atom. The summed E-state index contributed by atoms with van der Waals surface area (Å²) < 4.78 is 2.10. The molecule has 0 saturated carbocycles. The van der Waals surface area contributed by atoms with Crippen molar-refractivity contribution in [1.82, 2.24) is 4.57 Å². The Bertz CT molecular complexity index is 1100. The molecule has 0 bridgehead atoms. The van der Waals surface area contributed by atoms with Gasteiger partial charge in [0, 0.05) is 17.3 Å². The number of aromatic carboxylic acids is 1. The van der Waals surface area contributed by atoms with Gasteiger partial charge in [0.15, 0.2) is 5.43 Å². The van der Waals surface area contributed by atoms with Crippen LogP contribution in [-0.2, 0) is 6.54 Å². The van der Waals surface area contributed by atoms with Gasteiger partial charge >= 0.3 is 5.97 Å². The Balaban J connectivity index is 1.94. The number of benzene rings is 3. The lowest BCUT2D eigenvalue weighted by atomic mass is 10.1. The third-order valence-electron chi connectivity index (χ3n) is 4.42. The zero-order chi connectivity index (χ0) is 17.4. The van der Waals surface area contributed by atoms with Crippen LogP contribution in [0.1, 0.15) is 15.9 Å². The van der Waals surface area contributed by atoms with E-state index in [1.807, 2.05) is 60.7 Å². The molecular weight excluding hydrogens is 314 g/mol. The minimum Gasteiger partial charge on any atom is -0.478 e. The van der Waals surface area contributed by atoms with Crippen molar-refractivity contribution in [3.63, 3.8) is 0 Å². The minimum atomic E-state index is -0.939. The SMILES string of the molecule is O=C(O)c1ccc(Cn2c3ccccc3c(=O)c3ccccc32)cc1. The van der Waals surface area contributed by atoms with Gasteiger partial charge in [-0.1, -0.05) is 36.4 Å². The van der Waals surface area contributed by atoms with Crippen molar-refractivity contribution in [2.45, 2.75) is 6.54 Å². The van der Waals surface area contributed by atoms with Gasteiger partial charge in [0.05, 0.1) is 16.6 Å². The van der Waals surface area contributed by atoms with E-state index in [4.69, 9.17) is 5.11 Å². The van der Waals surface area contributed by atoms with Gasteiger partial charge in [0.1, 0.15) is 0 Å². The van der Waals surface area contributed by atoms with E-state index in [0.29, 0.717) is 17.3 Å².